The first-order valence-corrected chi connectivity index (χ1v) is 9.67. The molecule has 2 amide bonds. The second-order valence-corrected chi connectivity index (χ2v) is 6.93. The summed E-state index contributed by atoms with van der Waals surface area (Å²) in [5, 5.41) is 6.93. The minimum Gasteiger partial charge on any atom is -0.477 e. The summed E-state index contributed by atoms with van der Waals surface area (Å²) in [6.07, 6.45) is 6.07. The van der Waals surface area contributed by atoms with Crippen LogP contribution in [0, 0.1) is 0 Å². The Morgan fingerprint density at radius 2 is 1.93 bits per heavy atom. The molecule has 0 saturated heterocycles. The number of benzene rings is 2. The summed E-state index contributed by atoms with van der Waals surface area (Å²) >= 11 is 0. The zero-order valence-electron chi connectivity index (χ0n) is 16.6. The highest BCUT2D eigenvalue weighted by Gasteiger charge is 2.32. The van der Waals surface area contributed by atoms with Crippen molar-refractivity contribution in [2.24, 2.45) is 0 Å². The van der Waals surface area contributed by atoms with E-state index in [1.165, 1.54) is 6.08 Å². The van der Waals surface area contributed by atoms with Crippen LogP contribution in [0.3, 0.4) is 0 Å². The third-order valence-electron chi connectivity index (χ3n) is 4.84. The van der Waals surface area contributed by atoms with Gasteiger partial charge in [-0.2, -0.15) is 5.10 Å². The van der Waals surface area contributed by atoms with Crippen LogP contribution in [0.25, 0.3) is 6.08 Å². The van der Waals surface area contributed by atoms with Crippen molar-refractivity contribution in [2.45, 2.75) is 12.6 Å². The predicted molar refractivity (Wildman–Crippen MR) is 114 cm³/mol. The number of nitrogens with zero attached hydrogens (tertiary/aromatic N) is 3. The third-order valence-corrected chi connectivity index (χ3v) is 4.84. The molecule has 0 aliphatic carbocycles. The summed E-state index contributed by atoms with van der Waals surface area (Å²) in [6.45, 7) is 0.806. The van der Waals surface area contributed by atoms with Gasteiger partial charge in [0.15, 0.2) is 6.10 Å². The molecule has 7 heteroatoms. The number of carbonyl (C=O) groups excluding carboxylic acids is 2. The third kappa shape index (κ3) is 4.25. The van der Waals surface area contributed by atoms with Crippen LogP contribution in [0.4, 0.5) is 5.69 Å². The SMILES string of the molecule is CNC(=O)[C@@H]1CN(C(=O)/C=C/c2cnn(Cc3ccccc3)c2)c2ccccc2O1. The Morgan fingerprint density at radius 1 is 1.17 bits per heavy atom. The van der Waals surface area contributed by atoms with Crippen LogP contribution in [0.15, 0.2) is 73.1 Å². The highest BCUT2D eigenvalue weighted by molar-refractivity contribution is 6.05. The molecule has 3 aromatic rings. The number of hydrogen-bond acceptors (Lipinski definition) is 4. The van der Waals surface area contributed by atoms with Gasteiger partial charge in [-0.15, -0.1) is 0 Å². The van der Waals surface area contributed by atoms with Gasteiger partial charge in [0.1, 0.15) is 5.75 Å². The lowest BCUT2D eigenvalue weighted by Crippen LogP contribution is -2.49. The van der Waals surface area contributed by atoms with Crippen LogP contribution < -0.4 is 15.0 Å². The number of hydrogen-bond donors (Lipinski definition) is 1. The number of anilines is 1. The van der Waals surface area contributed by atoms with Crippen LogP contribution in [-0.2, 0) is 16.1 Å². The maximum atomic E-state index is 12.9. The van der Waals surface area contributed by atoms with E-state index in [9.17, 15) is 9.59 Å². The Morgan fingerprint density at radius 3 is 2.73 bits per heavy atom. The normalized spacial score (nSPS) is 15.5. The molecular formula is C23H22N4O3. The average molecular weight is 402 g/mol. The molecule has 1 aromatic heterocycles. The van der Waals surface area contributed by atoms with Crippen LogP contribution in [0.2, 0.25) is 0 Å². The van der Waals surface area contributed by atoms with E-state index in [4.69, 9.17) is 4.74 Å². The van der Waals surface area contributed by atoms with Gasteiger partial charge in [-0.1, -0.05) is 42.5 Å². The Balaban J connectivity index is 1.49. The quantitative estimate of drug-likeness (QED) is 0.666. The van der Waals surface area contributed by atoms with E-state index in [-0.39, 0.29) is 18.4 Å². The highest BCUT2D eigenvalue weighted by atomic mass is 16.5. The van der Waals surface area contributed by atoms with Crippen molar-refractivity contribution >= 4 is 23.6 Å². The molecule has 2 aromatic carbocycles. The van der Waals surface area contributed by atoms with Crippen molar-refractivity contribution in [2.75, 3.05) is 18.5 Å². The van der Waals surface area contributed by atoms with E-state index in [1.54, 1.807) is 36.4 Å². The van der Waals surface area contributed by atoms with Crippen LogP contribution >= 0.6 is 0 Å². The van der Waals surface area contributed by atoms with E-state index in [2.05, 4.69) is 10.4 Å². The smallest absolute Gasteiger partial charge is 0.262 e. The average Bonchev–Trinajstić information content (AvgIpc) is 3.24. The Hall–Kier alpha value is -3.87. The number of likely N-dealkylation sites (N-methyl/N-ethyl adjacent to an activating group) is 1. The lowest BCUT2D eigenvalue weighted by atomic mass is 10.1. The summed E-state index contributed by atoms with van der Waals surface area (Å²) in [7, 11) is 1.55. The lowest BCUT2D eigenvalue weighted by Gasteiger charge is -2.33. The fraction of sp³-hybridized carbons (Fsp3) is 0.174. The van der Waals surface area contributed by atoms with E-state index in [0.717, 1.165) is 11.1 Å². The second-order valence-electron chi connectivity index (χ2n) is 6.93. The molecule has 152 valence electrons. The molecule has 2 heterocycles. The summed E-state index contributed by atoms with van der Waals surface area (Å²) in [4.78, 5) is 26.5. The van der Waals surface area contributed by atoms with Crippen LogP contribution in [0.1, 0.15) is 11.1 Å². The van der Waals surface area contributed by atoms with E-state index in [0.29, 0.717) is 18.0 Å². The van der Waals surface area contributed by atoms with Crippen molar-refractivity contribution in [3.8, 4) is 5.75 Å². The fourth-order valence-corrected chi connectivity index (χ4v) is 3.32. The van der Waals surface area contributed by atoms with Crippen molar-refractivity contribution in [3.05, 3.63) is 84.2 Å². The molecule has 0 saturated carbocycles. The van der Waals surface area contributed by atoms with Gasteiger partial charge in [0.2, 0.25) is 0 Å². The first-order valence-electron chi connectivity index (χ1n) is 9.67. The zero-order chi connectivity index (χ0) is 20.9. The molecule has 1 aliphatic rings. The number of ether oxygens (including phenoxy) is 1. The molecule has 4 rings (SSSR count). The first kappa shape index (κ1) is 19.4. The summed E-state index contributed by atoms with van der Waals surface area (Å²) in [5.74, 6) is 0.0127. The predicted octanol–water partition coefficient (Wildman–Crippen LogP) is 2.48. The number of fused-ring (bicyclic) bond motifs is 1. The molecule has 1 N–H and O–H groups in total. The van der Waals surface area contributed by atoms with E-state index < -0.39 is 6.10 Å². The zero-order valence-corrected chi connectivity index (χ0v) is 16.6. The topological polar surface area (TPSA) is 76.5 Å². The van der Waals surface area contributed by atoms with Gasteiger partial charge in [0.05, 0.1) is 25.0 Å². The van der Waals surface area contributed by atoms with Gasteiger partial charge in [-0.25, -0.2) is 0 Å². The molecule has 0 fully saturated rings. The standard InChI is InChI=1S/C23H22N4O3/c1-24-23(29)21-16-27(19-9-5-6-10-20(19)30-21)22(28)12-11-18-13-25-26(15-18)14-17-7-3-2-4-8-17/h2-13,15,21H,14,16H2,1H3,(H,24,29)/b12-11+/t21-/m0/s1. The summed E-state index contributed by atoms with van der Waals surface area (Å²) < 4.78 is 7.57. The number of para-hydroxylation sites is 2. The highest BCUT2D eigenvalue weighted by Crippen LogP contribution is 2.33. The number of rotatable bonds is 5. The minimum atomic E-state index is -0.754. The molecule has 1 aliphatic heterocycles. The first-order chi connectivity index (χ1) is 14.6. The van der Waals surface area contributed by atoms with Gasteiger partial charge < -0.3 is 15.0 Å². The van der Waals surface area contributed by atoms with Gasteiger partial charge in [0, 0.05) is 24.9 Å². The van der Waals surface area contributed by atoms with Gasteiger partial charge in [0.25, 0.3) is 11.8 Å². The molecule has 0 bridgehead atoms. The Bertz CT molecular complexity index is 1070. The van der Waals surface area contributed by atoms with Crippen LogP contribution in [0.5, 0.6) is 5.75 Å². The lowest BCUT2D eigenvalue weighted by molar-refractivity contribution is -0.127. The van der Waals surface area contributed by atoms with E-state index >= 15 is 0 Å². The van der Waals surface area contributed by atoms with Crippen molar-refractivity contribution in [1.29, 1.82) is 0 Å². The van der Waals surface area contributed by atoms with Gasteiger partial charge in [-0.3, -0.25) is 14.3 Å². The molecule has 0 unspecified atom stereocenters. The minimum absolute atomic E-state index is 0.146. The van der Waals surface area contributed by atoms with Crippen LogP contribution in [-0.4, -0.2) is 41.3 Å². The Labute approximate surface area is 174 Å². The molecular weight excluding hydrogens is 380 g/mol. The van der Waals surface area contributed by atoms with Crippen molar-refractivity contribution in [3.63, 3.8) is 0 Å². The largest absolute Gasteiger partial charge is 0.477 e. The second kappa shape index (κ2) is 8.65. The number of carbonyl (C=O) groups is 2. The summed E-state index contributed by atoms with van der Waals surface area (Å²) in [6, 6.07) is 17.2. The molecule has 0 spiro atoms. The van der Waals surface area contributed by atoms with Crippen molar-refractivity contribution in [1.82, 2.24) is 15.1 Å². The molecule has 0 radical (unpaired) electrons. The molecule has 1 atom stereocenters. The number of amides is 2. The number of nitrogens with one attached hydrogen (secondary N) is 1. The van der Waals surface area contributed by atoms with Crippen molar-refractivity contribution < 1.29 is 14.3 Å². The van der Waals surface area contributed by atoms with E-state index in [1.807, 2.05) is 53.3 Å². The monoisotopic (exact) mass is 402 g/mol. The maximum absolute atomic E-state index is 12.9. The fourth-order valence-electron chi connectivity index (χ4n) is 3.32. The van der Waals surface area contributed by atoms with Gasteiger partial charge >= 0.3 is 0 Å². The summed E-state index contributed by atoms with van der Waals surface area (Å²) in [5.41, 5.74) is 2.62. The Kier molecular flexibility index (Phi) is 5.61. The van der Waals surface area contributed by atoms with Gasteiger partial charge in [-0.05, 0) is 23.8 Å². The maximum Gasteiger partial charge on any atom is 0.262 e. The number of aromatic nitrogens is 2. The molecule has 7 nitrogen and oxygen atoms in total. The molecule has 30 heavy (non-hydrogen) atoms.